The van der Waals surface area contributed by atoms with Crippen molar-refractivity contribution < 1.29 is 4.79 Å². The molecule has 1 rings (SSSR count). The molecule has 0 saturated carbocycles. The summed E-state index contributed by atoms with van der Waals surface area (Å²) in [5, 5.41) is 0. The van der Waals surface area contributed by atoms with Gasteiger partial charge < -0.3 is 5.73 Å². The van der Waals surface area contributed by atoms with E-state index in [0.29, 0.717) is 0 Å². The highest BCUT2D eigenvalue weighted by molar-refractivity contribution is 5.78. The molecule has 0 unspecified atom stereocenters. The molecule has 1 atom stereocenters. The van der Waals surface area contributed by atoms with Crippen molar-refractivity contribution in [3.8, 4) is 0 Å². The van der Waals surface area contributed by atoms with E-state index in [0.717, 1.165) is 17.7 Å². The lowest BCUT2D eigenvalue weighted by molar-refractivity contribution is -0.120. The van der Waals surface area contributed by atoms with Crippen LogP contribution in [-0.4, -0.2) is 5.78 Å². The van der Waals surface area contributed by atoms with Crippen LogP contribution in [0.3, 0.4) is 0 Å². The van der Waals surface area contributed by atoms with Gasteiger partial charge >= 0.3 is 0 Å². The maximum absolute atomic E-state index is 11.0. The molecule has 0 aliphatic carbocycles. The summed E-state index contributed by atoms with van der Waals surface area (Å²) in [6, 6.07) is 7.66. The van der Waals surface area contributed by atoms with Gasteiger partial charge in [0.1, 0.15) is 5.78 Å². The third-order valence-corrected chi connectivity index (χ3v) is 2.22. The molecule has 2 N–H and O–H groups in total. The predicted molar refractivity (Wildman–Crippen MR) is 54.4 cm³/mol. The van der Waals surface area contributed by atoms with E-state index in [1.165, 1.54) is 0 Å². The Morgan fingerprint density at radius 3 is 2.38 bits per heavy atom. The summed E-state index contributed by atoms with van der Waals surface area (Å²) in [6.07, 6.45) is 0.801. The number of nitrogens with two attached hydrogens (primary N) is 1. The second kappa shape index (κ2) is 4.08. The monoisotopic (exact) mass is 177 g/mol. The number of rotatable bonds is 3. The Labute approximate surface area is 78.8 Å². The van der Waals surface area contributed by atoms with E-state index in [1.54, 1.807) is 6.92 Å². The molecule has 2 nitrogen and oxygen atoms in total. The van der Waals surface area contributed by atoms with Crippen LogP contribution in [-0.2, 0) is 11.2 Å². The fourth-order valence-corrected chi connectivity index (χ4v) is 1.15. The van der Waals surface area contributed by atoms with Crippen LogP contribution in [0.2, 0.25) is 0 Å². The van der Waals surface area contributed by atoms with E-state index in [-0.39, 0.29) is 11.7 Å². The normalized spacial score (nSPS) is 12.5. The van der Waals surface area contributed by atoms with Crippen LogP contribution in [0, 0.1) is 5.92 Å². The highest BCUT2D eigenvalue weighted by atomic mass is 16.1. The number of benzene rings is 1. The molecule has 0 heterocycles. The zero-order valence-electron chi connectivity index (χ0n) is 8.08. The van der Waals surface area contributed by atoms with Gasteiger partial charge in [-0.1, -0.05) is 19.1 Å². The number of Topliss-reactive ketones (excluding diaryl/α,β-unsaturated/α-hetero) is 1. The summed E-state index contributed by atoms with van der Waals surface area (Å²) < 4.78 is 0. The maximum Gasteiger partial charge on any atom is 0.132 e. The van der Waals surface area contributed by atoms with Crippen molar-refractivity contribution in [1.29, 1.82) is 0 Å². The van der Waals surface area contributed by atoms with Crippen molar-refractivity contribution in [3.05, 3.63) is 29.8 Å². The maximum atomic E-state index is 11.0. The fraction of sp³-hybridized carbons (Fsp3) is 0.364. The average molecular weight is 177 g/mol. The zero-order valence-corrected chi connectivity index (χ0v) is 8.08. The van der Waals surface area contributed by atoms with E-state index >= 15 is 0 Å². The molecular formula is C11H15NO. The number of nitrogen functional groups attached to an aromatic ring is 1. The topological polar surface area (TPSA) is 43.1 Å². The number of ketones is 1. The van der Waals surface area contributed by atoms with Crippen LogP contribution in [0.1, 0.15) is 19.4 Å². The van der Waals surface area contributed by atoms with E-state index in [4.69, 9.17) is 5.73 Å². The fourth-order valence-electron chi connectivity index (χ4n) is 1.15. The van der Waals surface area contributed by atoms with Gasteiger partial charge in [-0.05, 0) is 31.0 Å². The molecule has 1 aromatic rings. The second-order valence-corrected chi connectivity index (χ2v) is 3.46. The van der Waals surface area contributed by atoms with E-state index < -0.39 is 0 Å². The molecule has 0 radical (unpaired) electrons. The van der Waals surface area contributed by atoms with Crippen molar-refractivity contribution in [2.45, 2.75) is 20.3 Å². The minimum absolute atomic E-state index is 0.101. The summed E-state index contributed by atoms with van der Waals surface area (Å²) in [4.78, 5) is 11.0. The summed E-state index contributed by atoms with van der Waals surface area (Å²) >= 11 is 0. The number of anilines is 1. The molecule has 0 fully saturated rings. The minimum atomic E-state index is 0.101. The van der Waals surface area contributed by atoms with Crippen LogP contribution in [0.5, 0.6) is 0 Å². The van der Waals surface area contributed by atoms with Crippen molar-refractivity contribution >= 4 is 11.5 Å². The highest BCUT2D eigenvalue weighted by Gasteiger charge is 2.07. The van der Waals surface area contributed by atoms with Crippen LogP contribution in [0.15, 0.2) is 24.3 Å². The van der Waals surface area contributed by atoms with Gasteiger partial charge in [0.2, 0.25) is 0 Å². The molecule has 0 saturated heterocycles. The lowest BCUT2D eigenvalue weighted by atomic mass is 9.98. The average Bonchev–Trinajstić information content (AvgIpc) is 2.08. The van der Waals surface area contributed by atoms with Crippen molar-refractivity contribution in [2.75, 3.05) is 5.73 Å². The van der Waals surface area contributed by atoms with E-state index in [9.17, 15) is 4.79 Å². The van der Waals surface area contributed by atoms with Gasteiger partial charge in [0.05, 0.1) is 0 Å². The molecule has 0 spiro atoms. The number of carbonyl (C=O) groups is 1. The van der Waals surface area contributed by atoms with Gasteiger partial charge in [-0.25, -0.2) is 0 Å². The molecule has 13 heavy (non-hydrogen) atoms. The van der Waals surface area contributed by atoms with Gasteiger partial charge in [0, 0.05) is 11.6 Å². The Morgan fingerprint density at radius 2 is 1.92 bits per heavy atom. The second-order valence-electron chi connectivity index (χ2n) is 3.46. The van der Waals surface area contributed by atoms with Gasteiger partial charge in [-0.3, -0.25) is 4.79 Å². The Balaban J connectivity index is 2.64. The molecule has 0 aliphatic heterocycles. The first-order chi connectivity index (χ1) is 6.09. The molecule has 0 amide bonds. The Kier molecular flexibility index (Phi) is 3.07. The Hall–Kier alpha value is -1.31. The molecule has 0 bridgehead atoms. The van der Waals surface area contributed by atoms with Crippen LogP contribution >= 0.6 is 0 Å². The first-order valence-electron chi connectivity index (χ1n) is 4.44. The first kappa shape index (κ1) is 9.78. The number of hydrogen-bond donors (Lipinski definition) is 1. The highest BCUT2D eigenvalue weighted by Crippen LogP contribution is 2.11. The number of carbonyl (C=O) groups excluding carboxylic acids is 1. The first-order valence-corrected chi connectivity index (χ1v) is 4.44. The van der Waals surface area contributed by atoms with Gasteiger partial charge in [-0.2, -0.15) is 0 Å². The molecular weight excluding hydrogens is 162 g/mol. The third kappa shape index (κ3) is 2.90. The van der Waals surface area contributed by atoms with Crippen LogP contribution in [0.25, 0.3) is 0 Å². The molecule has 70 valence electrons. The lowest BCUT2D eigenvalue weighted by Gasteiger charge is -2.07. The Bertz CT molecular complexity index is 289. The molecule has 1 aromatic carbocycles. The SMILES string of the molecule is CC(=O)[C@H](C)Cc1ccc(N)cc1. The third-order valence-electron chi connectivity index (χ3n) is 2.22. The minimum Gasteiger partial charge on any atom is -0.399 e. The summed E-state index contributed by atoms with van der Waals surface area (Å²) in [6.45, 7) is 3.57. The standard InChI is InChI=1S/C11H15NO/c1-8(9(2)13)7-10-3-5-11(12)6-4-10/h3-6,8H,7,12H2,1-2H3/t8-/m1/s1. The predicted octanol–water partition coefficient (Wildman–Crippen LogP) is 2.04. The Morgan fingerprint density at radius 1 is 1.38 bits per heavy atom. The summed E-state index contributed by atoms with van der Waals surface area (Å²) in [7, 11) is 0. The van der Waals surface area contributed by atoms with Gasteiger partial charge in [0.15, 0.2) is 0 Å². The van der Waals surface area contributed by atoms with E-state index in [2.05, 4.69) is 0 Å². The van der Waals surface area contributed by atoms with Crippen molar-refractivity contribution in [1.82, 2.24) is 0 Å². The molecule has 0 aliphatic rings. The zero-order chi connectivity index (χ0) is 9.84. The smallest absolute Gasteiger partial charge is 0.132 e. The quantitative estimate of drug-likeness (QED) is 0.718. The molecule has 0 aromatic heterocycles. The largest absolute Gasteiger partial charge is 0.399 e. The van der Waals surface area contributed by atoms with Crippen LogP contribution in [0.4, 0.5) is 5.69 Å². The van der Waals surface area contributed by atoms with Gasteiger partial charge in [-0.15, -0.1) is 0 Å². The van der Waals surface area contributed by atoms with E-state index in [1.807, 2.05) is 31.2 Å². The van der Waals surface area contributed by atoms with Crippen LogP contribution < -0.4 is 5.73 Å². The summed E-state index contributed by atoms with van der Waals surface area (Å²) in [5.41, 5.74) is 7.48. The number of hydrogen-bond acceptors (Lipinski definition) is 2. The molecule has 2 heteroatoms. The van der Waals surface area contributed by atoms with Crippen molar-refractivity contribution in [2.24, 2.45) is 5.92 Å². The summed E-state index contributed by atoms with van der Waals surface area (Å²) in [5.74, 6) is 0.334. The lowest BCUT2D eigenvalue weighted by Crippen LogP contribution is -2.09. The van der Waals surface area contributed by atoms with Crippen molar-refractivity contribution in [3.63, 3.8) is 0 Å². The van der Waals surface area contributed by atoms with Gasteiger partial charge in [0.25, 0.3) is 0 Å².